The van der Waals surface area contributed by atoms with Gasteiger partial charge in [0.15, 0.2) is 11.5 Å². The van der Waals surface area contributed by atoms with E-state index in [1.165, 1.54) is 33.1 Å². The topological polar surface area (TPSA) is 84.2 Å². The van der Waals surface area contributed by atoms with Gasteiger partial charge >= 0.3 is 0 Å². The van der Waals surface area contributed by atoms with Crippen molar-refractivity contribution in [3.05, 3.63) is 39.9 Å². The maximum absolute atomic E-state index is 12.4. The molecule has 2 aromatic rings. The van der Waals surface area contributed by atoms with Crippen molar-refractivity contribution in [2.75, 3.05) is 19.5 Å². The lowest BCUT2D eigenvalue weighted by molar-refractivity contribution is -0.112. The molecule has 1 aromatic carbocycles. The minimum Gasteiger partial charge on any atom is -0.493 e. The summed E-state index contributed by atoms with van der Waals surface area (Å²) in [6, 6.07) is 6.94. The van der Waals surface area contributed by atoms with Crippen LogP contribution in [0.2, 0.25) is 0 Å². The van der Waals surface area contributed by atoms with Crippen LogP contribution in [0.4, 0.5) is 5.69 Å². The van der Waals surface area contributed by atoms with Gasteiger partial charge < -0.3 is 14.8 Å². The number of hydrogen-bond acceptors (Lipinski definition) is 6. The molecule has 1 amide bonds. The molecule has 3 rings (SSSR count). The number of benzene rings is 1. The van der Waals surface area contributed by atoms with Crippen molar-refractivity contribution in [1.82, 2.24) is 4.98 Å². The second-order valence-electron chi connectivity index (χ2n) is 5.58. The number of ether oxygens (including phenoxy) is 2. The SMILES string of the molecule is COc1ccc(NC(=O)/C(C#N)=C\c2csc(C3CC3)n2)cc1OC. The van der Waals surface area contributed by atoms with Crippen molar-refractivity contribution in [2.45, 2.75) is 18.8 Å². The average Bonchev–Trinajstić information content (AvgIpc) is 3.38. The molecule has 0 aliphatic heterocycles. The summed E-state index contributed by atoms with van der Waals surface area (Å²) >= 11 is 1.57. The molecule has 1 saturated carbocycles. The van der Waals surface area contributed by atoms with Gasteiger partial charge in [-0.15, -0.1) is 11.3 Å². The summed E-state index contributed by atoms with van der Waals surface area (Å²) in [5, 5.41) is 14.9. The minimum atomic E-state index is -0.490. The zero-order chi connectivity index (χ0) is 17.8. The molecule has 0 radical (unpaired) electrons. The Morgan fingerprint density at radius 2 is 2.12 bits per heavy atom. The number of nitrogens with one attached hydrogen (secondary N) is 1. The summed E-state index contributed by atoms with van der Waals surface area (Å²) in [5.41, 5.74) is 1.16. The molecule has 128 valence electrons. The monoisotopic (exact) mass is 355 g/mol. The van der Waals surface area contributed by atoms with Crippen LogP contribution in [0.1, 0.15) is 29.5 Å². The summed E-state index contributed by atoms with van der Waals surface area (Å²) in [4.78, 5) is 16.8. The number of hydrogen-bond donors (Lipinski definition) is 1. The van der Waals surface area contributed by atoms with E-state index in [4.69, 9.17) is 9.47 Å². The molecule has 0 unspecified atom stereocenters. The van der Waals surface area contributed by atoms with Crippen molar-refractivity contribution < 1.29 is 14.3 Å². The minimum absolute atomic E-state index is 0.00225. The fourth-order valence-corrected chi connectivity index (χ4v) is 3.24. The van der Waals surface area contributed by atoms with Crippen LogP contribution in [0, 0.1) is 11.3 Å². The highest BCUT2D eigenvalue weighted by Gasteiger charge is 2.26. The highest BCUT2D eigenvalue weighted by molar-refractivity contribution is 7.09. The number of aromatic nitrogens is 1. The summed E-state index contributed by atoms with van der Waals surface area (Å²) in [7, 11) is 3.06. The Balaban J connectivity index is 1.75. The first-order valence-electron chi connectivity index (χ1n) is 7.75. The molecule has 0 bridgehead atoms. The smallest absolute Gasteiger partial charge is 0.266 e. The molecular weight excluding hydrogens is 338 g/mol. The van der Waals surface area contributed by atoms with Gasteiger partial charge in [-0.25, -0.2) is 4.98 Å². The van der Waals surface area contributed by atoms with Crippen molar-refractivity contribution >= 4 is 29.0 Å². The number of nitriles is 1. The van der Waals surface area contributed by atoms with E-state index in [9.17, 15) is 10.1 Å². The quantitative estimate of drug-likeness (QED) is 0.632. The second kappa shape index (κ2) is 7.36. The number of rotatable bonds is 6. The molecule has 0 saturated heterocycles. The van der Waals surface area contributed by atoms with Crippen LogP contribution < -0.4 is 14.8 Å². The standard InChI is InChI=1S/C18H17N3O3S/c1-23-15-6-5-13(8-16(15)24-2)20-17(22)12(9-19)7-14-10-25-18(21-14)11-3-4-11/h5-8,10-11H,3-4H2,1-2H3,(H,20,22)/b12-7-. The Hall–Kier alpha value is -2.85. The van der Waals surface area contributed by atoms with E-state index >= 15 is 0 Å². The number of amides is 1. The molecule has 1 fully saturated rings. The predicted molar refractivity (Wildman–Crippen MR) is 95.9 cm³/mol. The number of anilines is 1. The van der Waals surface area contributed by atoms with Gasteiger partial charge in [-0.2, -0.15) is 5.26 Å². The molecule has 25 heavy (non-hydrogen) atoms. The van der Waals surface area contributed by atoms with Crippen molar-refractivity contribution in [1.29, 1.82) is 5.26 Å². The van der Waals surface area contributed by atoms with Gasteiger partial charge in [-0.05, 0) is 31.1 Å². The molecule has 7 heteroatoms. The average molecular weight is 355 g/mol. The fraction of sp³-hybridized carbons (Fsp3) is 0.278. The second-order valence-corrected chi connectivity index (χ2v) is 6.47. The molecule has 1 aliphatic carbocycles. The van der Waals surface area contributed by atoms with E-state index < -0.39 is 5.91 Å². The van der Waals surface area contributed by atoms with Gasteiger partial charge in [0.2, 0.25) is 0 Å². The Bertz CT molecular complexity index is 863. The van der Waals surface area contributed by atoms with Gasteiger partial charge in [-0.1, -0.05) is 0 Å². The molecule has 6 nitrogen and oxygen atoms in total. The van der Waals surface area contributed by atoms with E-state index in [2.05, 4.69) is 10.3 Å². The maximum Gasteiger partial charge on any atom is 0.266 e. The van der Waals surface area contributed by atoms with Crippen molar-refractivity contribution in [3.63, 3.8) is 0 Å². The van der Waals surface area contributed by atoms with Gasteiger partial charge in [0.05, 0.1) is 24.9 Å². The van der Waals surface area contributed by atoms with Crippen LogP contribution in [0.15, 0.2) is 29.2 Å². The van der Waals surface area contributed by atoms with E-state index in [0.29, 0.717) is 28.8 Å². The van der Waals surface area contributed by atoms with Crippen molar-refractivity contribution in [2.24, 2.45) is 0 Å². The van der Waals surface area contributed by atoms with Gasteiger partial charge in [0.1, 0.15) is 11.6 Å². The lowest BCUT2D eigenvalue weighted by Gasteiger charge is -2.10. The van der Waals surface area contributed by atoms with Crippen molar-refractivity contribution in [3.8, 4) is 17.6 Å². The van der Waals surface area contributed by atoms with Crippen LogP contribution in [-0.2, 0) is 4.79 Å². The lowest BCUT2D eigenvalue weighted by atomic mass is 10.2. The Kier molecular flexibility index (Phi) is 5.00. The van der Waals surface area contributed by atoms with Gasteiger partial charge in [0.25, 0.3) is 5.91 Å². The van der Waals surface area contributed by atoms with Crippen LogP contribution in [0.3, 0.4) is 0 Å². The Morgan fingerprint density at radius 3 is 2.76 bits per heavy atom. The molecule has 1 aliphatic rings. The third-order valence-electron chi connectivity index (χ3n) is 3.77. The summed E-state index contributed by atoms with van der Waals surface area (Å²) in [5.74, 6) is 1.12. The number of nitrogens with zero attached hydrogens (tertiary/aromatic N) is 2. The van der Waals surface area contributed by atoms with Crippen LogP contribution in [-0.4, -0.2) is 25.1 Å². The molecule has 0 atom stereocenters. The summed E-state index contributed by atoms with van der Waals surface area (Å²) in [6.45, 7) is 0. The highest BCUT2D eigenvalue weighted by Crippen LogP contribution is 2.41. The largest absolute Gasteiger partial charge is 0.493 e. The first-order valence-corrected chi connectivity index (χ1v) is 8.63. The Morgan fingerprint density at radius 1 is 1.36 bits per heavy atom. The van der Waals surface area contributed by atoms with Crippen LogP contribution in [0.5, 0.6) is 11.5 Å². The normalized spacial score (nSPS) is 13.9. The molecule has 1 N–H and O–H groups in total. The highest BCUT2D eigenvalue weighted by atomic mass is 32.1. The number of carbonyl (C=O) groups is 1. The molecule has 0 spiro atoms. The van der Waals surface area contributed by atoms with Gasteiger partial charge in [0, 0.05) is 23.1 Å². The maximum atomic E-state index is 12.4. The third-order valence-corrected chi connectivity index (χ3v) is 4.79. The van der Waals surface area contributed by atoms with Crippen LogP contribution in [0.25, 0.3) is 6.08 Å². The molecular formula is C18H17N3O3S. The van der Waals surface area contributed by atoms with Crippen LogP contribution >= 0.6 is 11.3 Å². The number of thiazole rings is 1. The Labute approximate surface area is 149 Å². The fourth-order valence-electron chi connectivity index (χ4n) is 2.29. The summed E-state index contributed by atoms with van der Waals surface area (Å²) in [6.07, 6.45) is 3.85. The number of carbonyl (C=O) groups excluding carboxylic acids is 1. The summed E-state index contributed by atoms with van der Waals surface area (Å²) < 4.78 is 10.4. The van der Waals surface area contributed by atoms with E-state index in [1.807, 2.05) is 11.4 Å². The molecule has 1 aromatic heterocycles. The van der Waals surface area contributed by atoms with E-state index in [-0.39, 0.29) is 5.57 Å². The first-order chi connectivity index (χ1) is 12.1. The first kappa shape index (κ1) is 17.0. The third kappa shape index (κ3) is 3.98. The molecule has 1 heterocycles. The predicted octanol–water partition coefficient (Wildman–Crippen LogP) is 3.58. The van der Waals surface area contributed by atoms with E-state index in [1.54, 1.807) is 29.5 Å². The number of methoxy groups -OCH3 is 2. The lowest BCUT2D eigenvalue weighted by Crippen LogP contribution is -2.13. The zero-order valence-corrected chi connectivity index (χ0v) is 14.7. The van der Waals surface area contributed by atoms with E-state index in [0.717, 1.165) is 5.01 Å². The van der Waals surface area contributed by atoms with Gasteiger partial charge in [-0.3, -0.25) is 4.79 Å². The zero-order valence-electron chi connectivity index (χ0n) is 13.9.